The number of hydrogen-bond acceptors (Lipinski definition) is 5. The fraction of sp³-hybridized carbons (Fsp3) is 0.0667. The van der Waals surface area contributed by atoms with Crippen LogP contribution in [0.5, 0.6) is 0 Å². The Morgan fingerprint density at radius 1 is 1.18 bits per heavy atom. The molecule has 22 heavy (non-hydrogen) atoms. The molecule has 0 aliphatic heterocycles. The average Bonchev–Trinajstić information content (AvgIpc) is 2.49. The maximum absolute atomic E-state index is 11.1. The Bertz CT molecular complexity index is 763. The van der Waals surface area contributed by atoms with Crippen molar-refractivity contribution in [1.29, 1.82) is 5.26 Å². The van der Waals surface area contributed by atoms with Gasteiger partial charge in [-0.1, -0.05) is 0 Å². The van der Waals surface area contributed by atoms with E-state index >= 15 is 0 Å². The molecule has 0 aliphatic carbocycles. The number of carbonyl (C=O) groups is 1. The van der Waals surface area contributed by atoms with E-state index in [1.54, 1.807) is 24.3 Å². The minimum atomic E-state index is -0.547. The van der Waals surface area contributed by atoms with E-state index < -0.39 is 4.92 Å². The maximum atomic E-state index is 11.1. The van der Waals surface area contributed by atoms with Gasteiger partial charge in [-0.25, -0.2) is 0 Å². The normalized spacial score (nSPS) is 9.64. The van der Waals surface area contributed by atoms with Crippen LogP contribution in [0.4, 0.5) is 22.7 Å². The predicted octanol–water partition coefficient (Wildman–Crippen LogP) is 3.17. The standard InChI is InChI=1S/C15H12N4O3/c1-10(20)17-12-3-5-13(6-4-12)18-14-7-2-11(9-16)8-15(14)19(21)22/h2-8,18H,1H3,(H,17,20). The van der Waals surface area contributed by atoms with Crippen molar-refractivity contribution < 1.29 is 9.72 Å². The van der Waals surface area contributed by atoms with Crippen LogP contribution in [-0.2, 0) is 4.79 Å². The van der Waals surface area contributed by atoms with Gasteiger partial charge >= 0.3 is 0 Å². The van der Waals surface area contributed by atoms with Gasteiger partial charge in [0, 0.05) is 24.4 Å². The molecule has 0 bridgehead atoms. The molecule has 0 aliphatic rings. The molecule has 2 N–H and O–H groups in total. The topological polar surface area (TPSA) is 108 Å². The molecule has 2 aromatic rings. The van der Waals surface area contributed by atoms with Crippen LogP contribution in [0.2, 0.25) is 0 Å². The highest BCUT2D eigenvalue weighted by molar-refractivity contribution is 5.89. The van der Waals surface area contributed by atoms with Gasteiger partial charge in [0.25, 0.3) is 5.69 Å². The lowest BCUT2D eigenvalue weighted by Crippen LogP contribution is -2.05. The second-order valence-corrected chi connectivity index (χ2v) is 4.48. The van der Waals surface area contributed by atoms with Gasteiger partial charge in [0.05, 0.1) is 16.6 Å². The molecule has 0 aromatic heterocycles. The Hall–Kier alpha value is -3.40. The Balaban J connectivity index is 2.25. The summed E-state index contributed by atoms with van der Waals surface area (Å²) in [5.74, 6) is -0.177. The van der Waals surface area contributed by atoms with E-state index in [0.29, 0.717) is 11.4 Å². The molecule has 0 heterocycles. The van der Waals surface area contributed by atoms with Crippen LogP contribution in [-0.4, -0.2) is 10.8 Å². The zero-order chi connectivity index (χ0) is 16.1. The number of nitrogens with zero attached hydrogens (tertiary/aromatic N) is 2. The molecule has 0 fully saturated rings. The number of amides is 1. The van der Waals surface area contributed by atoms with Crippen molar-refractivity contribution in [1.82, 2.24) is 0 Å². The van der Waals surface area contributed by atoms with Crippen LogP contribution in [0.15, 0.2) is 42.5 Å². The molecule has 0 atom stereocenters. The van der Waals surface area contributed by atoms with E-state index in [4.69, 9.17) is 5.26 Å². The molecule has 0 saturated carbocycles. The predicted molar refractivity (Wildman–Crippen MR) is 81.8 cm³/mol. The van der Waals surface area contributed by atoms with E-state index in [9.17, 15) is 14.9 Å². The van der Waals surface area contributed by atoms with Crippen LogP contribution in [0.3, 0.4) is 0 Å². The largest absolute Gasteiger partial charge is 0.350 e. The summed E-state index contributed by atoms with van der Waals surface area (Å²) >= 11 is 0. The van der Waals surface area contributed by atoms with Crippen molar-refractivity contribution >= 4 is 28.7 Å². The highest BCUT2D eigenvalue weighted by atomic mass is 16.6. The third kappa shape index (κ3) is 3.58. The van der Waals surface area contributed by atoms with E-state index in [0.717, 1.165) is 0 Å². The molecule has 110 valence electrons. The van der Waals surface area contributed by atoms with Crippen molar-refractivity contribution in [3.05, 3.63) is 58.1 Å². The SMILES string of the molecule is CC(=O)Nc1ccc(Nc2ccc(C#N)cc2[N+](=O)[O-])cc1. The van der Waals surface area contributed by atoms with Crippen LogP contribution < -0.4 is 10.6 Å². The summed E-state index contributed by atoms with van der Waals surface area (Å²) in [4.78, 5) is 21.5. The maximum Gasteiger partial charge on any atom is 0.293 e. The van der Waals surface area contributed by atoms with Crippen molar-refractivity contribution in [3.8, 4) is 6.07 Å². The van der Waals surface area contributed by atoms with Crippen LogP contribution in [0.25, 0.3) is 0 Å². The number of hydrogen-bond donors (Lipinski definition) is 2. The zero-order valence-corrected chi connectivity index (χ0v) is 11.7. The first-order valence-corrected chi connectivity index (χ1v) is 6.33. The quantitative estimate of drug-likeness (QED) is 0.665. The van der Waals surface area contributed by atoms with E-state index in [-0.39, 0.29) is 22.8 Å². The second kappa shape index (κ2) is 6.37. The second-order valence-electron chi connectivity index (χ2n) is 4.48. The molecule has 0 radical (unpaired) electrons. The smallest absolute Gasteiger partial charge is 0.293 e. The Kier molecular flexibility index (Phi) is 4.34. The summed E-state index contributed by atoms with van der Waals surface area (Å²) in [6.45, 7) is 1.41. The molecule has 7 nitrogen and oxygen atoms in total. The number of nitro groups is 1. The van der Waals surface area contributed by atoms with Gasteiger partial charge in [-0.2, -0.15) is 5.26 Å². The van der Waals surface area contributed by atoms with Gasteiger partial charge in [-0.3, -0.25) is 14.9 Å². The Morgan fingerprint density at radius 3 is 2.36 bits per heavy atom. The molecule has 1 amide bonds. The number of rotatable bonds is 4. The third-order valence-electron chi connectivity index (χ3n) is 2.81. The number of nitriles is 1. The van der Waals surface area contributed by atoms with E-state index in [2.05, 4.69) is 10.6 Å². The third-order valence-corrected chi connectivity index (χ3v) is 2.81. The van der Waals surface area contributed by atoms with Gasteiger partial charge in [-0.15, -0.1) is 0 Å². The fourth-order valence-electron chi connectivity index (χ4n) is 1.85. The van der Waals surface area contributed by atoms with E-state index in [1.807, 2.05) is 6.07 Å². The molecular weight excluding hydrogens is 284 g/mol. The van der Waals surface area contributed by atoms with Gasteiger partial charge in [0.2, 0.25) is 5.91 Å². The van der Waals surface area contributed by atoms with Gasteiger partial charge in [0.15, 0.2) is 0 Å². The van der Waals surface area contributed by atoms with E-state index in [1.165, 1.54) is 25.1 Å². The van der Waals surface area contributed by atoms with Crippen molar-refractivity contribution in [2.24, 2.45) is 0 Å². The lowest BCUT2D eigenvalue weighted by Gasteiger charge is -2.08. The molecule has 0 unspecified atom stereocenters. The molecule has 0 spiro atoms. The number of anilines is 3. The summed E-state index contributed by atoms with van der Waals surface area (Å²) < 4.78 is 0. The number of nitrogens with one attached hydrogen (secondary N) is 2. The highest BCUT2D eigenvalue weighted by Crippen LogP contribution is 2.28. The Labute approximate surface area is 126 Å². The molecule has 0 saturated heterocycles. The molecule has 2 aromatic carbocycles. The molecule has 2 rings (SSSR count). The first-order valence-electron chi connectivity index (χ1n) is 6.33. The number of benzene rings is 2. The van der Waals surface area contributed by atoms with Crippen LogP contribution in [0.1, 0.15) is 12.5 Å². The number of carbonyl (C=O) groups excluding carboxylic acids is 1. The lowest BCUT2D eigenvalue weighted by atomic mass is 10.2. The number of nitro benzene ring substituents is 1. The van der Waals surface area contributed by atoms with Crippen LogP contribution in [0, 0.1) is 21.4 Å². The lowest BCUT2D eigenvalue weighted by molar-refractivity contribution is -0.383. The summed E-state index contributed by atoms with van der Waals surface area (Å²) in [5, 5.41) is 25.4. The van der Waals surface area contributed by atoms with Gasteiger partial charge < -0.3 is 10.6 Å². The summed E-state index contributed by atoms with van der Waals surface area (Å²) in [5.41, 5.74) is 1.59. The zero-order valence-electron chi connectivity index (χ0n) is 11.7. The molecular formula is C15H12N4O3. The van der Waals surface area contributed by atoms with Crippen molar-refractivity contribution in [2.75, 3.05) is 10.6 Å². The first-order chi connectivity index (χ1) is 10.5. The van der Waals surface area contributed by atoms with Crippen molar-refractivity contribution in [3.63, 3.8) is 0 Å². The van der Waals surface area contributed by atoms with Crippen molar-refractivity contribution in [2.45, 2.75) is 6.92 Å². The minimum Gasteiger partial charge on any atom is -0.350 e. The monoisotopic (exact) mass is 296 g/mol. The highest BCUT2D eigenvalue weighted by Gasteiger charge is 2.14. The van der Waals surface area contributed by atoms with Gasteiger partial charge in [-0.05, 0) is 36.4 Å². The Morgan fingerprint density at radius 2 is 1.82 bits per heavy atom. The average molecular weight is 296 g/mol. The molecule has 7 heteroatoms. The van der Waals surface area contributed by atoms with Crippen LogP contribution >= 0.6 is 0 Å². The summed E-state index contributed by atoms with van der Waals surface area (Å²) in [7, 11) is 0. The van der Waals surface area contributed by atoms with Gasteiger partial charge in [0.1, 0.15) is 5.69 Å². The fourth-order valence-corrected chi connectivity index (χ4v) is 1.85. The summed E-state index contributed by atoms with van der Waals surface area (Å²) in [6.07, 6.45) is 0. The summed E-state index contributed by atoms with van der Waals surface area (Å²) in [6, 6.07) is 12.8. The minimum absolute atomic E-state index is 0.176. The first kappa shape index (κ1) is 15.0.